The van der Waals surface area contributed by atoms with Crippen LogP contribution >= 0.6 is 0 Å². The Morgan fingerprint density at radius 1 is 1.29 bits per heavy atom. The number of imide groups is 1. The predicted molar refractivity (Wildman–Crippen MR) is 104 cm³/mol. The van der Waals surface area contributed by atoms with Crippen LogP contribution in [0.4, 0.5) is 4.79 Å². The molecule has 0 saturated carbocycles. The Balaban J connectivity index is 1.77. The molecule has 1 unspecified atom stereocenters. The maximum absolute atomic E-state index is 12.9. The molecule has 2 aliphatic heterocycles. The number of amidine groups is 1. The van der Waals surface area contributed by atoms with Crippen molar-refractivity contribution < 1.29 is 23.7 Å². The Bertz CT molecular complexity index is 768. The van der Waals surface area contributed by atoms with Crippen molar-refractivity contribution in [3.8, 4) is 0 Å². The number of hydrogen-bond acceptors (Lipinski definition) is 4. The summed E-state index contributed by atoms with van der Waals surface area (Å²) in [4.78, 5) is 40.3. The molecule has 0 aromatic rings. The quantitative estimate of drug-likeness (QED) is 0.522. The molecule has 8 nitrogen and oxygen atoms in total. The minimum absolute atomic E-state index is 0.231. The van der Waals surface area contributed by atoms with E-state index in [9.17, 15) is 14.4 Å². The lowest BCUT2D eigenvalue weighted by molar-refractivity contribution is -0.476. The van der Waals surface area contributed by atoms with Crippen LogP contribution in [-0.2, 0) is 14.3 Å². The summed E-state index contributed by atoms with van der Waals surface area (Å²) in [6.45, 7) is 1.32. The molecule has 0 radical (unpaired) electrons. The first-order chi connectivity index (χ1) is 13.5. The van der Waals surface area contributed by atoms with Gasteiger partial charge in [-0.05, 0) is 38.2 Å². The first-order valence-electron chi connectivity index (χ1n) is 9.82. The van der Waals surface area contributed by atoms with E-state index in [0.717, 1.165) is 24.2 Å². The Hall–Kier alpha value is -2.48. The number of nitrogens with zero attached hydrogens (tertiary/aromatic N) is 3. The van der Waals surface area contributed by atoms with Crippen LogP contribution < -0.4 is 5.32 Å². The third-order valence-corrected chi connectivity index (χ3v) is 5.55. The van der Waals surface area contributed by atoms with E-state index in [1.165, 1.54) is 30.4 Å². The van der Waals surface area contributed by atoms with Crippen LogP contribution in [0.1, 0.15) is 32.1 Å². The van der Waals surface area contributed by atoms with E-state index in [-0.39, 0.29) is 11.8 Å². The van der Waals surface area contributed by atoms with Crippen LogP contribution in [0.15, 0.2) is 23.4 Å². The molecule has 0 bridgehead atoms. The van der Waals surface area contributed by atoms with Crippen molar-refractivity contribution in [2.24, 2.45) is 5.92 Å². The average molecular weight is 389 g/mol. The van der Waals surface area contributed by atoms with Gasteiger partial charge in [0.2, 0.25) is 0 Å². The van der Waals surface area contributed by atoms with Crippen molar-refractivity contribution in [1.82, 2.24) is 15.1 Å². The lowest BCUT2D eigenvalue weighted by Gasteiger charge is -2.27. The molecular formula is C20H29N4O4+. The molecular weight excluding hydrogens is 360 g/mol. The number of methoxy groups -OCH3 is 1. The Morgan fingerprint density at radius 2 is 2.07 bits per heavy atom. The van der Waals surface area contributed by atoms with Crippen molar-refractivity contribution in [1.29, 1.82) is 0 Å². The van der Waals surface area contributed by atoms with Crippen LogP contribution in [0.25, 0.3) is 0 Å². The van der Waals surface area contributed by atoms with Gasteiger partial charge < -0.3 is 10.1 Å². The minimum Gasteiger partial charge on any atom is -0.381 e. The van der Waals surface area contributed by atoms with E-state index in [0.29, 0.717) is 31.2 Å². The van der Waals surface area contributed by atoms with E-state index < -0.39 is 11.9 Å². The van der Waals surface area contributed by atoms with E-state index in [2.05, 4.69) is 11.4 Å². The van der Waals surface area contributed by atoms with E-state index >= 15 is 0 Å². The molecule has 1 aliphatic carbocycles. The highest BCUT2D eigenvalue weighted by Crippen LogP contribution is 2.26. The number of ether oxygens (including phenoxy) is 1. The SMILES string of the molecule is COCC[N+]1=C2C(C=C1C(=O)NCCC1=CCCCC1)C(=O)N(C)C(=O)N2C. The fraction of sp³-hybridized carbons (Fsp3) is 0.600. The molecule has 28 heavy (non-hydrogen) atoms. The molecule has 0 aromatic carbocycles. The lowest BCUT2D eigenvalue weighted by atomic mass is 9.97. The van der Waals surface area contributed by atoms with Gasteiger partial charge in [-0.15, -0.1) is 0 Å². The van der Waals surface area contributed by atoms with Crippen LogP contribution in [0.2, 0.25) is 0 Å². The molecule has 1 N–H and O–H groups in total. The number of amides is 4. The summed E-state index contributed by atoms with van der Waals surface area (Å²) < 4.78 is 6.89. The maximum Gasteiger partial charge on any atom is 0.417 e. The second-order valence-corrected chi connectivity index (χ2v) is 7.39. The molecule has 4 amide bonds. The first kappa shape index (κ1) is 20.3. The smallest absolute Gasteiger partial charge is 0.381 e. The highest BCUT2D eigenvalue weighted by Gasteiger charge is 2.51. The fourth-order valence-corrected chi connectivity index (χ4v) is 3.99. The molecule has 2 heterocycles. The maximum atomic E-state index is 12.9. The Labute approximate surface area is 165 Å². The monoisotopic (exact) mass is 389 g/mol. The van der Waals surface area contributed by atoms with Crippen LogP contribution in [0, 0.1) is 5.92 Å². The summed E-state index contributed by atoms with van der Waals surface area (Å²) in [6, 6.07) is -0.405. The molecule has 152 valence electrons. The molecule has 1 fully saturated rings. The summed E-state index contributed by atoms with van der Waals surface area (Å²) in [5.74, 6) is -0.668. The summed E-state index contributed by atoms with van der Waals surface area (Å²) in [7, 11) is 4.66. The molecule has 0 aromatic heterocycles. The minimum atomic E-state index is -0.633. The van der Waals surface area contributed by atoms with Gasteiger partial charge in [0.1, 0.15) is 6.54 Å². The van der Waals surface area contributed by atoms with Gasteiger partial charge in [0.25, 0.3) is 17.6 Å². The zero-order valence-corrected chi connectivity index (χ0v) is 16.9. The lowest BCUT2D eigenvalue weighted by Crippen LogP contribution is -2.57. The number of carbonyl (C=O) groups excluding carboxylic acids is 3. The van der Waals surface area contributed by atoms with Crippen molar-refractivity contribution in [3.63, 3.8) is 0 Å². The Kier molecular flexibility index (Phi) is 6.28. The van der Waals surface area contributed by atoms with E-state index in [1.54, 1.807) is 24.8 Å². The average Bonchev–Trinajstić information content (AvgIpc) is 3.09. The van der Waals surface area contributed by atoms with E-state index in [1.807, 2.05) is 0 Å². The Morgan fingerprint density at radius 3 is 2.75 bits per heavy atom. The summed E-state index contributed by atoms with van der Waals surface area (Å²) in [5.41, 5.74) is 1.80. The third-order valence-electron chi connectivity index (χ3n) is 5.55. The van der Waals surface area contributed by atoms with Crippen molar-refractivity contribution in [2.45, 2.75) is 32.1 Å². The second-order valence-electron chi connectivity index (χ2n) is 7.39. The van der Waals surface area contributed by atoms with Gasteiger partial charge in [-0.3, -0.25) is 9.59 Å². The van der Waals surface area contributed by atoms with Crippen LogP contribution in [0.3, 0.4) is 0 Å². The zero-order chi connectivity index (χ0) is 20.3. The van der Waals surface area contributed by atoms with Crippen LogP contribution in [0.5, 0.6) is 0 Å². The van der Waals surface area contributed by atoms with Gasteiger partial charge in [-0.2, -0.15) is 4.90 Å². The van der Waals surface area contributed by atoms with Gasteiger partial charge in [0, 0.05) is 20.7 Å². The topological polar surface area (TPSA) is 82.0 Å². The largest absolute Gasteiger partial charge is 0.417 e. The normalized spacial score (nSPS) is 22.3. The number of rotatable bonds is 7. The van der Waals surface area contributed by atoms with Crippen molar-refractivity contribution in [2.75, 3.05) is 40.9 Å². The highest BCUT2D eigenvalue weighted by atomic mass is 16.5. The number of carbonyl (C=O) groups is 3. The van der Waals surface area contributed by atoms with Gasteiger partial charge in [-0.1, -0.05) is 11.6 Å². The van der Waals surface area contributed by atoms with Crippen LogP contribution in [-0.4, -0.2) is 79.0 Å². The van der Waals surface area contributed by atoms with Gasteiger partial charge in [0.05, 0.1) is 13.7 Å². The summed E-state index contributed by atoms with van der Waals surface area (Å²) >= 11 is 0. The molecule has 3 aliphatic rings. The fourth-order valence-electron chi connectivity index (χ4n) is 3.99. The third kappa shape index (κ3) is 3.87. The van der Waals surface area contributed by atoms with Crippen molar-refractivity contribution >= 4 is 23.7 Å². The number of urea groups is 1. The summed E-state index contributed by atoms with van der Waals surface area (Å²) in [5, 5.41) is 2.97. The molecule has 1 saturated heterocycles. The number of fused-ring (bicyclic) bond motifs is 1. The standard InChI is InChI=1S/C20H28N4O4/c1-22-18-15(19(26)23(2)20(22)27)13-16(24(18)11-12-28-3)17(25)21-10-9-14-7-5-4-6-8-14/h7,13,15H,4-6,8-12H2,1-3H3/p+1. The van der Waals surface area contributed by atoms with Gasteiger partial charge >= 0.3 is 6.03 Å². The molecule has 8 heteroatoms. The zero-order valence-electron chi connectivity index (χ0n) is 16.9. The van der Waals surface area contributed by atoms with E-state index in [4.69, 9.17) is 4.74 Å². The van der Waals surface area contributed by atoms with Gasteiger partial charge in [0.15, 0.2) is 11.6 Å². The second kappa shape index (κ2) is 8.68. The van der Waals surface area contributed by atoms with Crippen molar-refractivity contribution in [3.05, 3.63) is 23.4 Å². The van der Waals surface area contributed by atoms with Gasteiger partial charge in [-0.25, -0.2) is 14.3 Å². The number of nitrogens with one attached hydrogen (secondary N) is 1. The predicted octanol–water partition coefficient (Wildman–Crippen LogP) is 1.09. The highest BCUT2D eigenvalue weighted by molar-refractivity contribution is 6.19. The summed E-state index contributed by atoms with van der Waals surface area (Å²) in [6.07, 6.45) is 9.45. The molecule has 0 spiro atoms. The first-order valence-corrected chi connectivity index (χ1v) is 9.82. The number of allylic oxidation sites excluding steroid dienone is 1. The molecule has 3 rings (SSSR count). The molecule has 1 atom stereocenters. The number of hydrogen-bond donors (Lipinski definition) is 1.